The minimum Gasteiger partial charge on any atom is -0.486 e. The molecule has 27 heavy (non-hydrogen) atoms. The molecule has 1 aliphatic rings. The van der Waals surface area contributed by atoms with Crippen LogP contribution in [0.1, 0.15) is 28.9 Å². The number of rotatable bonds is 4. The minimum atomic E-state index is -0.922. The van der Waals surface area contributed by atoms with Crippen LogP contribution in [-0.2, 0) is 0 Å². The number of benzene rings is 2. The molecule has 0 saturated carbocycles. The van der Waals surface area contributed by atoms with Gasteiger partial charge in [0.15, 0.2) is 11.5 Å². The molecule has 0 fully saturated rings. The zero-order valence-electron chi connectivity index (χ0n) is 14.1. The number of halogens is 2. The van der Waals surface area contributed by atoms with Crippen LogP contribution in [0.4, 0.5) is 15.8 Å². The summed E-state index contributed by atoms with van der Waals surface area (Å²) in [6.07, 6.45) is 0. The topological polar surface area (TPSA) is 117 Å². The molecule has 8 nitrogen and oxygen atoms in total. The van der Waals surface area contributed by atoms with Gasteiger partial charge in [0.05, 0.1) is 22.6 Å². The third kappa shape index (κ3) is 3.80. The lowest BCUT2D eigenvalue weighted by Gasteiger charge is -2.22. The number of carbonyl (C=O) groups is 1. The van der Waals surface area contributed by atoms with Gasteiger partial charge in [-0.3, -0.25) is 14.9 Å². The summed E-state index contributed by atoms with van der Waals surface area (Å²) in [4.78, 5) is 22.7. The van der Waals surface area contributed by atoms with Crippen molar-refractivity contribution in [3.8, 4) is 11.5 Å². The van der Waals surface area contributed by atoms with Gasteiger partial charge in [0.25, 0.3) is 11.6 Å². The molecule has 0 radical (unpaired) electrons. The van der Waals surface area contributed by atoms with E-state index in [1.807, 2.05) is 0 Å². The van der Waals surface area contributed by atoms with Gasteiger partial charge in [-0.05, 0) is 30.7 Å². The summed E-state index contributed by atoms with van der Waals surface area (Å²) >= 11 is 3.42. The van der Waals surface area contributed by atoms with Crippen LogP contribution in [0, 0.1) is 15.9 Å². The number of nitrogens with one attached hydrogen (secondary N) is 1. The molecule has 0 spiro atoms. The molecule has 1 amide bonds. The highest BCUT2D eigenvalue weighted by Crippen LogP contribution is 2.38. The fraction of sp³-hybridized carbons (Fsp3) is 0.235. The number of nitrogens with two attached hydrogens (primary N) is 1. The number of nitrogens with zero attached hydrogens (tertiary/aromatic N) is 1. The second-order valence-electron chi connectivity index (χ2n) is 5.86. The Labute approximate surface area is 161 Å². The van der Waals surface area contributed by atoms with Crippen molar-refractivity contribution >= 4 is 33.2 Å². The summed E-state index contributed by atoms with van der Waals surface area (Å²) in [6, 6.07) is 4.47. The second-order valence-corrected chi connectivity index (χ2v) is 6.71. The molecular weight excluding hydrogens is 425 g/mol. The number of nitro groups is 1. The largest absolute Gasteiger partial charge is 0.486 e. The van der Waals surface area contributed by atoms with E-state index in [-0.39, 0.29) is 5.56 Å². The van der Waals surface area contributed by atoms with Crippen LogP contribution in [0.15, 0.2) is 28.7 Å². The molecule has 1 heterocycles. The summed E-state index contributed by atoms with van der Waals surface area (Å²) < 4.78 is 25.4. The summed E-state index contributed by atoms with van der Waals surface area (Å²) in [7, 11) is 0. The molecule has 1 atom stereocenters. The molecule has 0 saturated heterocycles. The predicted octanol–water partition coefficient (Wildman–Crippen LogP) is 3.34. The van der Waals surface area contributed by atoms with E-state index in [0.29, 0.717) is 40.8 Å². The Hall–Kier alpha value is -2.88. The number of amides is 1. The Kier molecular flexibility index (Phi) is 5.17. The normalized spacial score (nSPS) is 13.7. The first-order valence-corrected chi connectivity index (χ1v) is 8.70. The third-order valence-corrected chi connectivity index (χ3v) is 4.73. The Morgan fingerprint density at radius 1 is 1.30 bits per heavy atom. The monoisotopic (exact) mass is 439 g/mol. The van der Waals surface area contributed by atoms with Crippen LogP contribution in [0.25, 0.3) is 0 Å². The van der Waals surface area contributed by atoms with Gasteiger partial charge in [0, 0.05) is 4.47 Å². The molecule has 3 rings (SSSR count). The smallest absolute Gasteiger partial charge is 0.295 e. The van der Waals surface area contributed by atoms with Crippen LogP contribution in [0.3, 0.4) is 0 Å². The van der Waals surface area contributed by atoms with E-state index >= 15 is 0 Å². The molecule has 0 aliphatic carbocycles. The number of carbonyl (C=O) groups excluding carboxylic acids is 1. The van der Waals surface area contributed by atoms with Gasteiger partial charge in [0.1, 0.15) is 24.7 Å². The highest BCUT2D eigenvalue weighted by atomic mass is 79.9. The fourth-order valence-electron chi connectivity index (χ4n) is 2.71. The zero-order chi connectivity index (χ0) is 19.7. The number of fused-ring (bicyclic) bond motifs is 1. The molecule has 142 valence electrons. The highest BCUT2D eigenvalue weighted by molar-refractivity contribution is 9.10. The van der Waals surface area contributed by atoms with Crippen molar-refractivity contribution in [1.29, 1.82) is 0 Å². The van der Waals surface area contributed by atoms with E-state index in [2.05, 4.69) is 21.2 Å². The van der Waals surface area contributed by atoms with E-state index in [9.17, 15) is 19.3 Å². The zero-order valence-corrected chi connectivity index (χ0v) is 15.7. The molecular formula is C17H15BrFN3O5. The van der Waals surface area contributed by atoms with Crippen molar-refractivity contribution < 1.29 is 23.6 Å². The maximum atomic E-state index is 13.7. The van der Waals surface area contributed by atoms with Gasteiger partial charge in [-0.15, -0.1) is 0 Å². The number of hydrogen-bond acceptors (Lipinski definition) is 6. The number of hydrogen-bond donors (Lipinski definition) is 2. The van der Waals surface area contributed by atoms with Gasteiger partial charge in [-0.1, -0.05) is 15.9 Å². The first-order chi connectivity index (χ1) is 12.8. The van der Waals surface area contributed by atoms with Crippen molar-refractivity contribution in [3.05, 3.63) is 55.8 Å². The SMILES string of the molecule is CC(NC(=O)c1cc(F)cc([N+](=O)[O-])c1N)c1cc2c(cc1Br)OCCO2. The average molecular weight is 440 g/mol. The first kappa shape index (κ1) is 18.9. The molecule has 1 unspecified atom stereocenters. The van der Waals surface area contributed by atoms with Crippen LogP contribution in [0.5, 0.6) is 11.5 Å². The summed E-state index contributed by atoms with van der Waals surface area (Å²) in [6.45, 7) is 2.57. The quantitative estimate of drug-likeness (QED) is 0.428. The minimum absolute atomic E-state index is 0.304. The van der Waals surface area contributed by atoms with Crippen molar-refractivity contribution in [2.75, 3.05) is 18.9 Å². The molecule has 1 aliphatic heterocycles. The van der Waals surface area contributed by atoms with Gasteiger partial charge in [-0.2, -0.15) is 0 Å². The summed E-state index contributed by atoms with van der Waals surface area (Å²) in [5.74, 6) is -0.527. The molecule has 3 N–H and O–H groups in total. The summed E-state index contributed by atoms with van der Waals surface area (Å²) in [5.41, 5.74) is 5.01. The Bertz CT molecular complexity index is 937. The number of nitrogen functional groups attached to an aromatic ring is 1. The Morgan fingerprint density at radius 3 is 2.56 bits per heavy atom. The lowest BCUT2D eigenvalue weighted by Crippen LogP contribution is -2.28. The van der Waals surface area contributed by atoms with E-state index in [1.54, 1.807) is 19.1 Å². The Balaban J connectivity index is 1.88. The predicted molar refractivity (Wildman–Crippen MR) is 98.5 cm³/mol. The Morgan fingerprint density at radius 2 is 1.93 bits per heavy atom. The van der Waals surface area contributed by atoms with Gasteiger partial charge in [-0.25, -0.2) is 4.39 Å². The van der Waals surface area contributed by atoms with Crippen LogP contribution in [0.2, 0.25) is 0 Å². The lowest BCUT2D eigenvalue weighted by atomic mass is 10.1. The molecule has 2 aromatic rings. The van der Waals surface area contributed by atoms with Crippen LogP contribution in [-0.4, -0.2) is 24.0 Å². The molecule has 0 aromatic heterocycles. The highest BCUT2D eigenvalue weighted by Gasteiger charge is 2.24. The van der Waals surface area contributed by atoms with Gasteiger partial charge < -0.3 is 20.5 Å². The van der Waals surface area contributed by atoms with E-state index in [4.69, 9.17) is 15.2 Å². The molecule has 0 bridgehead atoms. The van der Waals surface area contributed by atoms with E-state index < -0.39 is 34.1 Å². The number of ether oxygens (including phenoxy) is 2. The second kappa shape index (κ2) is 7.39. The van der Waals surface area contributed by atoms with E-state index in [0.717, 1.165) is 6.07 Å². The van der Waals surface area contributed by atoms with Crippen molar-refractivity contribution in [2.24, 2.45) is 0 Å². The van der Waals surface area contributed by atoms with Crippen LogP contribution >= 0.6 is 15.9 Å². The standard InChI is InChI=1S/C17H15BrFN3O5/c1-8(10-6-14-15(7-12(10)18)27-3-2-26-14)21-17(23)11-4-9(19)5-13(16(11)20)22(24)25/h4-8H,2-3,20H2,1H3,(H,21,23). The summed E-state index contributed by atoms with van der Waals surface area (Å²) in [5, 5.41) is 13.6. The van der Waals surface area contributed by atoms with Crippen molar-refractivity contribution in [1.82, 2.24) is 5.32 Å². The van der Waals surface area contributed by atoms with Gasteiger partial charge in [0.2, 0.25) is 0 Å². The van der Waals surface area contributed by atoms with Crippen molar-refractivity contribution in [2.45, 2.75) is 13.0 Å². The molecule has 2 aromatic carbocycles. The van der Waals surface area contributed by atoms with E-state index in [1.165, 1.54) is 0 Å². The maximum absolute atomic E-state index is 13.7. The third-order valence-electron chi connectivity index (χ3n) is 4.04. The lowest BCUT2D eigenvalue weighted by molar-refractivity contribution is -0.384. The first-order valence-electron chi connectivity index (χ1n) is 7.91. The molecule has 10 heteroatoms. The fourth-order valence-corrected chi connectivity index (χ4v) is 3.37. The van der Waals surface area contributed by atoms with Crippen molar-refractivity contribution in [3.63, 3.8) is 0 Å². The van der Waals surface area contributed by atoms with Gasteiger partial charge >= 0.3 is 0 Å². The number of anilines is 1. The maximum Gasteiger partial charge on any atom is 0.295 e. The average Bonchev–Trinajstić information content (AvgIpc) is 2.62. The van der Waals surface area contributed by atoms with Crippen LogP contribution < -0.4 is 20.5 Å². The number of nitro benzene ring substituents is 1.